The molecule has 1 aromatic carbocycles. The van der Waals surface area contributed by atoms with Crippen LogP contribution in [0.1, 0.15) is 19.8 Å². The standard InChI is InChI=1S/C17H21NO/c1-13(15-9-11-19-12-15)17-8-10-18(14(17)2)16-6-4-3-5-7-16/h3-7,15H,2,8-12H2,1H3/b17-13+. The van der Waals surface area contributed by atoms with Gasteiger partial charge in [0.15, 0.2) is 0 Å². The van der Waals surface area contributed by atoms with Crippen LogP contribution in [0.2, 0.25) is 0 Å². The van der Waals surface area contributed by atoms with Gasteiger partial charge in [-0.2, -0.15) is 0 Å². The van der Waals surface area contributed by atoms with Crippen molar-refractivity contribution < 1.29 is 4.74 Å². The van der Waals surface area contributed by atoms with Crippen LogP contribution in [0.5, 0.6) is 0 Å². The van der Waals surface area contributed by atoms with E-state index in [9.17, 15) is 0 Å². The van der Waals surface area contributed by atoms with Crippen molar-refractivity contribution in [1.82, 2.24) is 0 Å². The Labute approximate surface area is 115 Å². The van der Waals surface area contributed by atoms with E-state index >= 15 is 0 Å². The number of allylic oxidation sites excluding steroid dienone is 1. The third-order valence-electron chi connectivity index (χ3n) is 4.35. The topological polar surface area (TPSA) is 12.5 Å². The molecule has 1 atom stereocenters. The highest BCUT2D eigenvalue weighted by Gasteiger charge is 2.27. The lowest BCUT2D eigenvalue weighted by molar-refractivity contribution is 0.190. The zero-order valence-electron chi connectivity index (χ0n) is 11.6. The number of hydrogen-bond acceptors (Lipinski definition) is 2. The molecule has 2 heterocycles. The highest BCUT2D eigenvalue weighted by atomic mass is 16.5. The van der Waals surface area contributed by atoms with E-state index in [1.165, 1.54) is 22.5 Å². The molecule has 0 radical (unpaired) electrons. The summed E-state index contributed by atoms with van der Waals surface area (Å²) in [6.45, 7) is 9.41. The molecule has 1 aromatic rings. The summed E-state index contributed by atoms with van der Waals surface area (Å²) in [5.41, 5.74) is 5.36. The van der Waals surface area contributed by atoms with E-state index in [0.29, 0.717) is 5.92 Å². The highest BCUT2D eigenvalue weighted by Crippen LogP contribution is 2.36. The van der Waals surface area contributed by atoms with Crippen molar-refractivity contribution in [3.63, 3.8) is 0 Å². The molecule has 3 rings (SSSR count). The van der Waals surface area contributed by atoms with E-state index in [1.807, 2.05) is 0 Å². The Balaban J connectivity index is 1.84. The molecule has 2 heteroatoms. The zero-order chi connectivity index (χ0) is 13.2. The molecule has 2 nitrogen and oxygen atoms in total. The monoisotopic (exact) mass is 255 g/mol. The van der Waals surface area contributed by atoms with Gasteiger partial charge in [0.1, 0.15) is 0 Å². The van der Waals surface area contributed by atoms with Crippen molar-refractivity contribution in [3.05, 3.63) is 53.8 Å². The molecule has 0 saturated carbocycles. The third kappa shape index (κ3) is 2.33. The van der Waals surface area contributed by atoms with Crippen LogP contribution in [0.15, 0.2) is 53.8 Å². The van der Waals surface area contributed by atoms with Crippen LogP contribution in [-0.4, -0.2) is 19.8 Å². The molecule has 100 valence electrons. The molecule has 2 saturated heterocycles. The van der Waals surface area contributed by atoms with E-state index in [-0.39, 0.29) is 0 Å². The normalized spacial score (nSPS) is 26.1. The summed E-state index contributed by atoms with van der Waals surface area (Å²) in [6.07, 6.45) is 2.27. The van der Waals surface area contributed by atoms with Crippen LogP contribution >= 0.6 is 0 Å². The Kier molecular flexibility index (Phi) is 3.43. The predicted molar refractivity (Wildman–Crippen MR) is 79.2 cm³/mol. The summed E-state index contributed by atoms with van der Waals surface area (Å²) in [7, 11) is 0. The fraction of sp³-hybridized carbons (Fsp3) is 0.412. The molecular formula is C17H21NO. The van der Waals surface area contributed by atoms with Gasteiger partial charge >= 0.3 is 0 Å². The van der Waals surface area contributed by atoms with Gasteiger partial charge in [0.25, 0.3) is 0 Å². The Hall–Kier alpha value is -1.54. The van der Waals surface area contributed by atoms with Crippen LogP contribution in [0, 0.1) is 5.92 Å². The number of benzene rings is 1. The third-order valence-corrected chi connectivity index (χ3v) is 4.35. The molecule has 1 unspecified atom stereocenters. The van der Waals surface area contributed by atoms with Crippen molar-refractivity contribution in [3.8, 4) is 0 Å². The van der Waals surface area contributed by atoms with Gasteiger partial charge < -0.3 is 9.64 Å². The second-order valence-corrected chi connectivity index (χ2v) is 5.41. The number of anilines is 1. The summed E-state index contributed by atoms with van der Waals surface area (Å²) >= 11 is 0. The molecule has 0 N–H and O–H groups in total. The number of rotatable bonds is 2. The Morgan fingerprint density at radius 1 is 1.32 bits per heavy atom. The molecule has 0 bridgehead atoms. The number of para-hydroxylation sites is 1. The fourth-order valence-electron chi connectivity index (χ4n) is 3.11. The van der Waals surface area contributed by atoms with Crippen molar-refractivity contribution in [2.24, 2.45) is 5.92 Å². The molecule has 0 amide bonds. The molecule has 19 heavy (non-hydrogen) atoms. The first kappa shape index (κ1) is 12.5. The second kappa shape index (κ2) is 5.22. The van der Waals surface area contributed by atoms with Crippen molar-refractivity contribution in [2.45, 2.75) is 19.8 Å². The van der Waals surface area contributed by atoms with Gasteiger partial charge in [0, 0.05) is 30.5 Å². The highest BCUT2D eigenvalue weighted by molar-refractivity contribution is 5.60. The molecule has 0 aliphatic carbocycles. The first-order chi connectivity index (χ1) is 9.27. The lowest BCUT2D eigenvalue weighted by atomic mass is 9.93. The smallest absolute Gasteiger partial charge is 0.0532 e. The molecule has 0 spiro atoms. The van der Waals surface area contributed by atoms with E-state index in [2.05, 4.69) is 48.7 Å². The Bertz CT molecular complexity index is 497. The lowest BCUT2D eigenvalue weighted by Crippen LogP contribution is -2.15. The summed E-state index contributed by atoms with van der Waals surface area (Å²) in [6, 6.07) is 10.5. The van der Waals surface area contributed by atoms with Gasteiger partial charge in [-0.25, -0.2) is 0 Å². The fourth-order valence-corrected chi connectivity index (χ4v) is 3.11. The number of ether oxygens (including phenoxy) is 1. The Morgan fingerprint density at radius 3 is 2.79 bits per heavy atom. The van der Waals surface area contributed by atoms with Gasteiger partial charge in [-0.15, -0.1) is 0 Å². The molecular weight excluding hydrogens is 234 g/mol. The van der Waals surface area contributed by atoms with Crippen LogP contribution in [0.3, 0.4) is 0 Å². The van der Waals surface area contributed by atoms with E-state index in [1.54, 1.807) is 0 Å². The minimum absolute atomic E-state index is 0.600. The van der Waals surface area contributed by atoms with Crippen molar-refractivity contribution in [1.29, 1.82) is 0 Å². The summed E-state index contributed by atoms with van der Waals surface area (Å²) in [4.78, 5) is 2.33. The maximum absolute atomic E-state index is 5.51. The maximum Gasteiger partial charge on any atom is 0.0532 e. The minimum atomic E-state index is 0.600. The molecule has 2 aliphatic heterocycles. The van der Waals surface area contributed by atoms with Gasteiger partial charge in [0.05, 0.1) is 6.61 Å². The SMILES string of the molecule is C=C1/C(=C(\C)C2CCOC2)CCN1c1ccccc1. The number of hydrogen-bond donors (Lipinski definition) is 0. The van der Waals surface area contributed by atoms with E-state index in [4.69, 9.17) is 4.74 Å². The zero-order valence-corrected chi connectivity index (χ0v) is 11.6. The summed E-state index contributed by atoms with van der Waals surface area (Å²) in [5, 5.41) is 0. The van der Waals surface area contributed by atoms with Crippen LogP contribution in [-0.2, 0) is 4.74 Å². The average Bonchev–Trinajstić information content (AvgIpc) is 3.08. The first-order valence-corrected chi connectivity index (χ1v) is 7.06. The molecule has 0 aromatic heterocycles. The maximum atomic E-state index is 5.51. The number of nitrogens with zero attached hydrogens (tertiary/aromatic N) is 1. The van der Waals surface area contributed by atoms with Gasteiger partial charge in [-0.1, -0.05) is 30.4 Å². The van der Waals surface area contributed by atoms with E-state index in [0.717, 1.165) is 32.6 Å². The Morgan fingerprint density at radius 2 is 2.11 bits per heavy atom. The molecule has 2 fully saturated rings. The van der Waals surface area contributed by atoms with Crippen LogP contribution in [0.25, 0.3) is 0 Å². The minimum Gasteiger partial charge on any atom is -0.381 e. The first-order valence-electron chi connectivity index (χ1n) is 7.06. The largest absolute Gasteiger partial charge is 0.381 e. The van der Waals surface area contributed by atoms with Crippen LogP contribution < -0.4 is 4.90 Å². The van der Waals surface area contributed by atoms with Gasteiger partial charge in [0.2, 0.25) is 0 Å². The summed E-state index contributed by atoms with van der Waals surface area (Å²) in [5.74, 6) is 0.600. The summed E-state index contributed by atoms with van der Waals surface area (Å²) < 4.78 is 5.51. The quantitative estimate of drug-likeness (QED) is 0.797. The lowest BCUT2D eigenvalue weighted by Gasteiger charge is -2.20. The molecule has 2 aliphatic rings. The predicted octanol–water partition coefficient (Wildman–Crippen LogP) is 3.76. The van der Waals surface area contributed by atoms with Gasteiger partial charge in [-0.05, 0) is 37.5 Å². The van der Waals surface area contributed by atoms with Crippen molar-refractivity contribution in [2.75, 3.05) is 24.7 Å². The van der Waals surface area contributed by atoms with E-state index < -0.39 is 0 Å². The second-order valence-electron chi connectivity index (χ2n) is 5.41. The van der Waals surface area contributed by atoms with Crippen molar-refractivity contribution >= 4 is 5.69 Å². The van der Waals surface area contributed by atoms with Crippen LogP contribution in [0.4, 0.5) is 5.69 Å². The van der Waals surface area contributed by atoms with Gasteiger partial charge in [-0.3, -0.25) is 0 Å². The average molecular weight is 255 g/mol.